The molecular formula is C19H24ClFN2O. The summed E-state index contributed by atoms with van der Waals surface area (Å²) in [6, 6.07) is 17.7. The van der Waals surface area contributed by atoms with Gasteiger partial charge in [-0.2, -0.15) is 0 Å². The van der Waals surface area contributed by atoms with Crippen molar-refractivity contribution < 1.29 is 9.13 Å². The number of rotatable bonds is 6. The summed E-state index contributed by atoms with van der Waals surface area (Å²) in [7, 11) is 0. The van der Waals surface area contributed by atoms with Gasteiger partial charge in [-0.1, -0.05) is 42.5 Å². The molecular weight excluding hydrogens is 327 g/mol. The van der Waals surface area contributed by atoms with Gasteiger partial charge >= 0.3 is 0 Å². The number of nitrogens with zero attached hydrogens (tertiary/aromatic N) is 1. The van der Waals surface area contributed by atoms with E-state index in [1.165, 1.54) is 0 Å². The highest BCUT2D eigenvalue weighted by Gasteiger charge is 2.22. The fourth-order valence-electron chi connectivity index (χ4n) is 2.94. The third kappa shape index (κ3) is 4.94. The predicted octanol–water partition coefficient (Wildman–Crippen LogP) is 3.60. The van der Waals surface area contributed by atoms with Gasteiger partial charge in [-0.3, -0.25) is 4.90 Å². The molecule has 1 atom stereocenters. The number of benzene rings is 2. The van der Waals surface area contributed by atoms with Gasteiger partial charge in [0.2, 0.25) is 0 Å². The minimum atomic E-state index is -0.373. The normalized spacial score (nSPS) is 16.2. The van der Waals surface area contributed by atoms with E-state index in [1.54, 1.807) is 0 Å². The summed E-state index contributed by atoms with van der Waals surface area (Å²) >= 11 is 0. The van der Waals surface area contributed by atoms with Crippen LogP contribution in [0.1, 0.15) is 17.2 Å². The maximum atomic E-state index is 13.6. The van der Waals surface area contributed by atoms with E-state index in [4.69, 9.17) is 4.74 Å². The summed E-state index contributed by atoms with van der Waals surface area (Å²) in [4.78, 5) is 2.20. The summed E-state index contributed by atoms with van der Waals surface area (Å²) in [5.74, 6) is 0.792. The molecule has 3 nitrogen and oxygen atoms in total. The Morgan fingerprint density at radius 2 is 1.79 bits per heavy atom. The van der Waals surface area contributed by atoms with Gasteiger partial charge in [0.25, 0.3) is 0 Å². The van der Waals surface area contributed by atoms with Crippen molar-refractivity contribution in [3.8, 4) is 5.75 Å². The molecule has 1 aliphatic heterocycles. The first-order valence-corrected chi connectivity index (χ1v) is 8.14. The monoisotopic (exact) mass is 350 g/mol. The van der Waals surface area contributed by atoms with Crippen LogP contribution in [-0.4, -0.2) is 37.8 Å². The minimum Gasteiger partial charge on any atom is -0.489 e. The number of hydrogen-bond donors (Lipinski definition) is 1. The molecule has 24 heavy (non-hydrogen) atoms. The Bertz CT molecular complexity index is 605. The van der Waals surface area contributed by atoms with Crippen LogP contribution in [0.5, 0.6) is 5.75 Å². The summed E-state index contributed by atoms with van der Waals surface area (Å²) in [6.45, 7) is 3.75. The SMILES string of the molecule is Cl.FC[C@@H](c1cccc(OCc2ccccc2)c1)N1CCNCC1. The zero-order valence-corrected chi connectivity index (χ0v) is 14.5. The van der Waals surface area contributed by atoms with Crippen LogP contribution in [0.25, 0.3) is 0 Å². The number of piperazine rings is 1. The Kier molecular flexibility index (Phi) is 7.50. The van der Waals surface area contributed by atoms with Crippen LogP contribution in [0.2, 0.25) is 0 Å². The second-order valence-electron chi connectivity index (χ2n) is 5.80. The first kappa shape index (κ1) is 18.7. The summed E-state index contributed by atoms with van der Waals surface area (Å²) in [5.41, 5.74) is 2.11. The van der Waals surface area contributed by atoms with Gasteiger partial charge in [0.1, 0.15) is 19.0 Å². The predicted molar refractivity (Wildman–Crippen MR) is 97.6 cm³/mol. The molecule has 2 aromatic carbocycles. The zero-order chi connectivity index (χ0) is 15.9. The van der Waals surface area contributed by atoms with E-state index in [9.17, 15) is 4.39 Å². The second kappa shape index (κ2) is 9.62. The van der Waals surface area contributed by atoms with E-state index in [2.05, 4.69) is 10.2 Å². The molecule has 0 saturated carbocycles. The molecule has 0 aromatic heterocycles. The van der Waals surface area contributed by atoms with Crippen molar-refractivity contribution in [3.63, 3.8) is 0 Å². The number of alkyl halides is 1. The lowest BCUT2D eigenvalue weighted by molar-refractivity contribution is 0.147. The van der Waals surface area contributed by atoms with E-state index in [0.717, 1.165) is 43.1 Å². The molecule has 3 rings (SSSR count). The fourth-order valence-corrected chi connectivity index (χ4v) is 2.94. The zero-order valence-electron chi connectivity index (χ0n) is 13.7. The highest BCUT2D eigenvalue weighted by atomic mass is 35.5. The number of halogens is 2. The quantitative estimate of drug-likeness (QED) is 0.861. The first-order valence-electron chi connectivity index (χ1n) is 8.14. The van der Waals surface area contributed by atoms with Crippen LogP contribution in [0.4, 0.5) is 4.39 Å². The Morgan fingerprint density at radius 1 is 1.04 bits per heavy atom. The van der Waals surface area contributed by atoms with Crippen LogP contribution >= 0.6 is 12.4 Å². The van der Waals surface area contributed by atoms with E-state index in [-0.39, 0.29) is 25.1 Å². The van der Waals surface area contributed by atoms with Crippen LogP contribution < -0.4 is 10.1 Å². The second-order valence-corrected chi connectivity index (χ2v) is 5.80. The van der Waals surface area contributed by atoms with E-state index >= 15 is 0 Å². The summed E-state index contributed by atoms with van der Waals surface area (Å²) in [5, 5.41) is 3.31. The number of ether oxygens (including phenoxy) is 1. The fraction of sp³-hybridized carbons (Fsp3) is 0.368. The average molecular weight is 351 g/mol. The van der Waals surface area contributed by atoms with Crippen LogP contribution in [0.15, 0.2) is 54.6 Å². The van der Waals surface area contributed by atoms with Gasteiger partial charge in [0.05, 0.1) is 6.04 Å². The molecule has 0 amide bonds. The van der Waals surface area contributed by atoms with E-state index in [0.29, 0.717) is 6.61 Å². The summed E-state index contributed by atoms with van der Waals surface area (Å²) in [6.07, 6.45) is 0. The average Bonchev–Trinajstić information content (AvgIpc) is 2.63. The molecule has 1 aliphatic rings. The van der Waals surface area contributed by atoms with Crippen molar-refractivity contribution in [2.24, 2.45) is 0 Å². The van der Waals surface area contributed by atoms with Crippen LogP contribution in [0, 0.1) is 0 Å². The molecule has 1 fully saturated rings. The molecule has 0 unspecified atom stereocenters. The van der Waals surface area contributed by atoms with Gasteiger partial charge in [-0.25, -0.2) is 4.39 Å². The Morgan fingerprint density at radius 3 is 2.50 bits per heavy atom. The number of hydrogen-bond acceptors (Lipinski definition) is 3. The van der Waals surface area contributed by atoms with Crippen molar-refractivity contribution in [1.82, 2.24) is 10.2 Å². The maximum absolute atomic E-state index is 13.6. The largest absolute Gasteiger partial charge is 0.489 e. The minimum absolute atomic E-state index is 0. The molecule has 0 spiro atoms. The van der Waals surface area contributed by atoms with Crippen LogP contribution in [0.3, 0.4) is 0 Å². The molecule has 1 N–H and O–H groups in total. The lowest BCUT2D eigenvalue weighted by atomic mass is 10.1. The van der Waals surface area contributed by atoms with Gasteiger partial charge in [0, 0.05) is 26.2 Å². The van der Waals surface area contributed by atoms with E-state index in [1.807, 2.05) is 54.6 Å². The van der Waals surface area contributed by atoms with Crippen molar-refractivity contribution >= 4 is 12.4 Å². The van der Waals surface area contributed by atoms with Gasteiger partial charge < -0.3 is 10.1 Å². The molecule has 1 heterocycles. The Balaban J connectivity index is 0.00000208. The van der Waals surface area contributed by atoms with Crippen molar-refractivity contribution in [2.45, 2.75) is 12.6 Å². The Labute approximate surface area is 149 Å². The third-order valence-electron chi connectivity index (χ3n) is 4.23. The van der Waals surface area contributed by atoms with Gasteiger partial charge in [-0.05, 0) is 23.3 Å². The molecule has 0 aliphatic carbocycles. The standard InChI is InChI=1S/C19H23FN2O.ClH/c20-14-19(22-11-9-21-10-12-22)17-7-4-8-18(13-17)23-15-16-5-2-1-3-6-16;/h1-8,13,19,21H,9-12,14-15H2;1H/t19-;/m0./s1. The van der Waals surface area contributed by atoms with Crippen molar-refractivity contribution in [1.29, 1.82) is 0 Å². The van der Waals surface area contributed by atoms with Gasteiger partial charge in [-0.15, -0.1) is 12.4 Å². The smallest absolute Gasteiger partial charge is 0.120 e. The topological polar surface area (TPSA) is 24.5 Å². The van der Waals surface area contributed by atoms with Crippen molar-refractivity contribution in [3.05, 3.63) is 65.7 Å². The number of nitrogens with one attached hydrogen (secondary N) is 1. The van der Waals surface area contributed by atoms with Gasteiger partial charge in [0.15, 0.2) is 0 Å². The molecule has 130 valence electrons. The third-order valence-corrected chi connectivity index (χ3v) is 4.23. The summed E-state index contributed by atoms with van der Waals surface area (Å²) < 4.78 is 19.5. The first-order chi connectivity index (χ1) is 11.4. The van der Waals surface area contributed by atoms with Crippen molar-refractivity contribution in [2.75, 3.05) is 32.9 Å². The lowest BCUT2D eigenvalue weighted by Gasteiger charge is -2.33. The van der Waals surface area contributed by atoms with Crippen LogP contribution in [-0.2, 0) is 6.61 Å². The van der Waals surface area contributed by atoms with E-state index < -0.39 is 0 Å². The highest BCUT2D eigenvalue weighted by Crippen LogP contribution is 2.25. The molecule has 1 saturated heterocycles. The molecule has 0 radical (unpaired) electrons. The highest BCUT2D eigenvalue weighted by molar-refractivity contribution is 5.85. The molecule has 5 heteroatoms. The molecule has 0 bridgehead atoms. The lowest BCUT2D eigenvalue weighted by Crippen LogP contribution is -2.45. The maximum Gasteiger partial charge on any atom is 0.120 e. The molecule has 2 aromatic rings. The Hall–Kier alpha value is -1.62.